The lowest BCUT2D eigenvalue weighted by molar-refractivity contribution is -0.131. The van der Waals surface area contributed by atoms with Crippen molar-refractivity contribution in [2.24, 2.45) is 5.73 Å². The minimum absolute atomic E-state index is 0.220. The van der Waals surface area contributed by atoms with E-state index in [2.05, 4.69) is 10.6 Å². The summed E-state index contributed by atoms with van der Waals surface area (Å²) in [4.78, 5) is 23.6. The van der Waals surface area contributed by atoms with Crippen LogP contribution in [0.15, 0.2) is 0 Å². The van der Waals surface area contributed by atoms with Crippen LogP contribution in [0.2, 0.25) is 0 Å². The Morgan fingerprint density at radius 1 is 1.39 bits per heavy atom. The van der Waals surface area contributed by atoms with Crippen molar-refractivity contribution < 1.29 is 14.3 Å². The van der Waals surface area contributed by atoms with Crippen molar-refractivity contribution in [3.8, 4) is 0 Å². The quantitative estimate of drug-likeness (QED) is 0.561. The molecule has 104 valence electrons. The van der Waals surface area contributed by atoms with Gasteiger partial charge in [-0.2, -0.15) is 0 Å². The van der Waals surface area contributed by atoms with E-state index >= 15 is 0 Å². The molecule has 1 aliphatic rings. The maximum Gasteiger partial charge on any atom is 0.242 e. The average Bonchev–Trinajstić information content (AvgIpc) is 2.77. The van der Waals surface area contributed by atoms with Crippen LogP contribution in [0, 0.1) is 0 Å². The molecular weight excluding hydrogens is 234 g/mol. The number of ether oxygens (including phenoxy) is 1. The highest BCUT2D eigenvalue weighted by atomic mass is 16.5. The van der Waals surface area contributed by atoms with Crippen molar-refractivity contribution in [1.29, 1.82) is 0 Å². The number of methoxy groups -OCH3 is 1. The maximum atomic E-state index is 12.0. The van der Waals surface area contributed by atoms with Crippen molar-refractivity contribution in [3.63, 3.8) is 0 Å². The molecule has 0 aliphatic heterocycles. The second-order valence-corrected chi connectivity index (χ2v) is 4.84. The van der Waals surface area contributed by atoms with Gasteiger partial charge in [0.05, 0.1) is 12.1 Å². The normalized spacial score (nSPS) is 19.3. The average molecular weight is 257 g/mol. The van der Waals surface area contributed by atoms with Crippen LogP contribution in [0.5, 0.6) is 0 Å². The predicted molar refractivity (Wildman–Crippen MR) is 67.9 cm³/mol. The van der Waals surface area contributed by atoms with Crippen LogP contribution >= 0.6 is 0 Å². The summed E-state index contributed by atoms with van der Waals surface area (Å²) in [6.45, 7) is 2.54. The summed E-state index contributed by atoms with van der Waals surface area (Å²) in [5.74, 6) is -0.448. The van der Waals surface area contributed by atoms with Gasteiger partial charge in [-0.3, -0.25) is 9.59 Å². The lowest BCUT2D eigenvalue weighted by atomic mass is 9.98. The Bertz CT molecular complexity index is 301. The summed E-state index contributed by atoms with van der Waals surface area (Å²) < 4.78 is 4.83. The fourth-order valence-electron chi connectivity index (χ4n) is 2.07. The molecule has 0 bridgehead atoms. The van der Waals surface area contributed by atoms with Gasteiger partial charge < -0.3 is 21.1 Å². The molecule has 0 radical (unpaired) electrons. The van der Waals surface area contributed by atoms with Gasteiger partial charge in [0, 0.05) is 13.7 Å². The largest absolute Gasteiger partial charge is 0.383 e. The van der Waals surface area contributed by atoms with E-state index in [4.69, 9.17) is 10.5 Å². The Morgan fingerprint density at radius 2 is 2.00 bits per heavy atom. The number of rotatable bonds is 6. The zero-order valence-corrected chi connectivity index (χ0v) is 11.1. The molecule has 0 spiro atoms. The third-order valence-electron chi connectivity index (χ3n) is 3.29. The highest BCUT2D eigenvalue weighted by molar-refractivity contribution is 5.91. The number of hydrogen-bond acceptors (Lipinski definition) is 4. The Balaban J connectivity index is 2.36. The highest BCUT2D eigenvalue weighted by Crippen LogP contribution is 2.27. The van der Waals surface area contributed by atoms with Gasteiger partial charge in [-0.25, -0.2) is 0 Å². The Hall–Kier alpha value is -1.14. The van der Waals surface area contributed by atoms with E-state index in [1.807, 2.05) is 0 Å². The monoisotopic (exact) mass is 257 g/mol. The van der Waals surface area contributed by atoms with E-state index in [9.17, 15) is 9.59 Å². The van der Waals surface area contributed by atoms with Crippen molar-refractivity contribution in [3.05, 3.63) is 0 Å². The summed E-state index contributed by atoms with van der Waals surface area (Å²) in [6.07, 6.45) is 3.32. The van der Waals surface area contributed by atoms with Crippen LogP contribution in [0.4, 0.5) is 0 Å². The first-order valence-electron chi connectivity index (χ1n) is 6.36. The first-order valence-corrected chi connectivity index (χ1v) is 6.36. The van der Waals surface area contributed by atoms with Crippen LogP contribution in [0.1, 0.15) is 32.6 Å². The van der Waals surface area contributed by atoms with Crippen LogP contribution < -0.4 is 16.4 Å². The zero-order chi connectivity index (χ0) is 13.6. The second kappa shape index (κ2) is 6.70. The number of carbonyl (C=O) groups excluding carboxylic acids is 2. The van der Waals surface area contributed by atoms with Crippen LogP contribution in [-0.4, -0.2) is 43.7 Å². The van der Waals surface area contributed by atoms with Gasteiger partial charge in [-0.1, -0.05) is 12.8 Å². The standard InChI is InChI=1S/C12H23N3O3/c1-9(10(16)14-7-8-18-2)15-11(17)12(13)5-3-4-6-12/h9H,3-8,13H2,1-2H3,(H,14,16)(H,15,17). The molecule has 1 atom stereocenters. The zero-order valence-electron chi connectivity index (χ0n) is 11.1. The van der Waals surface area contributed by atoms with E-state index in [-0.39, 0.29) is 11.8 Å². The van der Waals surface area contributed by atoms with Crippen LogP contribution in [0.25, 0.3) is 0 Å². The highest BCUT2D eigenvalue weighted by Gasteiger charge is 2.37. The Kier molecular flexibility index (Phi) is 5.55. The first-order chi connectivity index (χ1) is 8.49. The van der Waals surface area contributed by atoms with Crippen LogP contribution in [-0.2, 0) is 14.3 Å². The minimum atomic E-state index is -0.791. The molecule has 1 fully saturated rings. The van der Waals surface area contributed by atoms with E-state index in [0.29, 0.717) is 26.0 Å². The molecule has 6 nitrogen and oxygen atoms in total. The van der Waals surface area contributed by atoms with E-state index in [1.165, 1.54) is 0 Å². The van der Waals surface area contributed by atoms with E-state index in [1.54, 1.807) is 14.0 Å². The van der Waals surface area contributed by atoms with Crippen LogP contribution in [0.3, 0.4) is 0 Å². The summed E-state index contributed by atoms with van der Waals surface area (Å²) in [6, 6.07) is -0.574. The number of carbonyl (C=O) groups is 2. The van der Waals surface area contributed by atoms with E-state index in [0.717, 1.165) is 12.8 Å². The van der Waals surface area contributed by atoms with Gasteiger partial charge >= 0.3 is 0 Å². The summed E-state index contributed by atoms with van der Waals surface area (Å²) in [7, 11) is 1.57. The fraction of sp³-hybridized carbons (Fsp3) is 0.833. The number of nitrogens with two attached hydrogens (primary N) is 1. The lowest BCUT2D eigenvalue weighted by Gasteiger charge is -2.24. The van der Waals surface area contributed by atoms with Crippen molar-refractivity contribution in [2.45, 2.75) is 44.2 Å². The Morgan fingerprint density at radius 3 is 2.56 bits per heavy atom. The van der Waals surface area contributed by atoms with Crippen molar-refractivity contribution in [1.82, 2.24) is 10.6 Å². The molecular formula is C12H23N3O3. The summed E-state index contributed by atoms with van der Waals surface area (Å²) in [5, 5.41) is 5.34. The Labute approximate surface area is 108 Å². The molecule has 6 heteroatoms. The molecule has 2 amide bonds. The number of nitrogens with one attached hydrogen (secondary N) is 2. The molecule has 1 aliphatic carbocycles. The van der Waals surface area contributed by atoms with E-state index < -0.39 is 11.6 Å². The first kappa shape index (κ1) is 14.9. The molecule has 1 saturated carbocycles. The second-order valence-electron chi connectivity index (χ2n) is 4.84. The lowest BCUT2D eigenvalue weighted by Crippen LogP contribution is -2.56. The molecule has 0 heterocycles. The molecule has 0 aromatic rings. The van der Waals surface area contributed by atoms with Gasteiger partial charge in [-0.05, 0) is 19.8 Å². The third-order valence-corrected chi connectivity index (χ3v) is 3.29. The molecule has 0 aromatic carbocycles. The van der Waals surface area contributed by atoms with Crippen molar-refractivity contribution >= 4 is 11.8 Å². The van der Waals surface area contributed by atoms with Gasteiger partial charge in [-0.15, -0.1) is 0 Å². The number of amides is 2. The predicted octanol–water partition coefficient (Wildman–Crippen LogP) is -0.475. The van der Waals surface area contributed by atoms with Gasteiger partial charge in [0.25, 0.3) is 0 Å². The molecule has 1 rings (SSSR count). The molecule has 1 unspecified atom stereocenters. The third kappa shape index (κ3) is 3.96. The molecule has 0 aromatic heterocycles. The van der Waals surface area contributed by atoms with Gasteiger partial charge in [0.2, 0.25) is 11.8 Å². The summed E-state index contributed by atoms with van der Waals surface area (Å²) >= 11 is 0. The SMILES string of the molecule is COCCNC(=O)C(C)NC(=O)C1(N)CCCC1. The molecule has 4 N–H and O–H groups in total. The molecule has 18 heavy (non-hydrogen) atoms. The van der Waals surface area contributed by atoms with Gasteiger partial charge in [0.15, 0.2) is 0 Å². The minimum Gasteiger partial charge on any atom is -0.383 e. The van der Waals surface area contributed by atoms with Gasteiger partial charge in [0.1, 0.15) is 6.04 Å². The number of hydrogen-bond donors (Lipinski definition) is 3. The maximum absolute atomic E-state index is 12.0. The van der Waals surface area contributed by atoms with Crippen molar-refractivity contribution in [2.75, 3.05) is 20.3 Å². The fourth-order valence-corrected chi connectivity index (χ4v) is 2.07. The molecule has 0 saturated heterocycles. The smallest absolute Gasteiger partial charge is 0.242 e. The summed E-state index contributed by atoms with van der Waals surface area (Å²) in [5.41, 5.74) is 5.22. The topological polar surface area (TPSA) is 93.5 Å².